The van der Waals surface area contributed by atoms with Crippen LogP contribution >= 0.6 is 11.6 Å². The Kier molecular flexibility index (Phi) is 5.28. The van der Waals surface area contributed by atoms with E-state index in [9.17, 15) is 4.79 Å². The Morgan fingerprint density at radius 3 is 2.65 bits per heavy atom. The predicted octanol–water partition coefficient (Wildman–Crippen LogP) is 4.11. The molecule has 1 aromatic heterocycles. The second-order valence-electron chi connectivity index (χ2n) is 5.36. The first-order valence-corrected chi connectivity index (χ1v) is 8.12. The van der Waals surface area contributed by atoms with Crippen molar-refractivity contribution < 1.29 is 9.53 Å². The van der Waals surface area contributed by atoms with Crippen LogP contribution in [0.5, 0.6) is 0 Å². The highest BCUT2D eigenvalue weighted by Crippen LogP contribution is 2.25. The number of halogens is 1. The van der Waals surface area contributed by atoms with Crippen LogP contribution in [0.3, 0.4) is 0 Å². The van der Waals surface area contributed by atoms with E-state index in [0.29, 0.717) is 28.0 Å². The molecule has 0 aliphatic heterocycles. The molecule has 2 aromatic carbocycles. The van der Waals surface area contributed by atoms with Crippen molar-refractivity contribution in [1.29, 1.82) is 0 Å². The van der Waals surface area contributed by atoms with Gasteiger partial charge in [0.2, 0.25) is 5.95 Å². The maximum atomic E-state index is 11.9. The summed E-state index contributed by atoms with van der Waals surface area (Å²) in [6.45, 7) is 1.90. The Bertz CT molecular complexity index is 948. The topological polar surface area (TPSA) is 89.0 Å². The molecule has 3 aromatic rings. The lowest BCUT2D eigenvalue weighted by atomic mass is 10.2. The van der Waals surface area contributed by atoms with Crippen molar-refractivity contribution in [3.63, 3.8) is 0 Å². The van der Waals surface area contributed by atoms with E-state index in [4.69, 9.17) is 16.3 Å². The van der Waals surface area contributed by atoms with Crippen LogP contribution in [0, 0.1) is 6.92 Å². The first-order chi connectivity index (χ1) is 12.6. The van der Waals surface area contributed by atoms with Gasteiger partial charge in [0.25, 0.3) is 0 Å². The van der Waals surface area contributed by atoms with Gasteiger partial charge in [0.05, 0.1) is 24.6 Å². The number of esters is 1. The van der Waals surface area contributed by atoms with Gasteiger partial charge < -0.3 is 15.4 Å². The Labute approximate surface area is 155 Å². The quantitative estimate of drug-likeness (QED) is 0.654. The van der Waals surface area contributed by atoms with E-state index in [1.807, 2.05) is 25.1 Å². The van der Waals surface area contributed by atoms with Crippen LogP contribution in [0.4, 0.5) is 23.1 Å². The number of carbonyl (C=O) groups is 1. The zero-order valence-corrected chi connectivity index (χ0v) is 14.9. The molecule has 1 heterocycles. The fourth-order valence-corrected chi connectivity index (χ4v) is 2.47. The average Bonchev–Trinajstić information content (AvgIpc) is 2.66. The van der Waals surface area contributed by atoms with Gasteiger partial charge in [-0.05, 0) is 36.8 Å². The van der Waals surface area contributed by atoms with Crippen LogP contribution in [0.2, 0.25) is 5.02 Å². The maximum Gasteiger partial charge on any atom is 0.339 e. The second kappa shape index (κ2) is 7.79. The molecule has 0 saturated heterocycles. The number of para-hydroxylation sites is 1. The first-order valence-electron chi connectivity index (χ1n) is 7.74. The number of rotatable bonds is 5. The minimum absolute atomic E-state index is 0.302. The van der Waals surface area contributed by atoms with E-state index in [2.05, 4.69) is 25.8 Å². The summed E-state index contributed by atoms with van der Waals surface area (Å²) in [5.41, 5.74) is 2.62. The van der Waals surface area contributed by atoms with E-state index < -0.39 is 5.97 Å². The van der Waals surface area contributed by atoms with Crippen molar-refractivity contribution in [1.82, 2.24) is 15.2 Å². The molecule has 0 spiro atoms. The summed E-state index contributed by atoms with van der Waals surface area (Å²) in [4.78, 5) is 16.2. The third kappa shape index (κ3) is 3.89. The minimum atomic E-state index is -0.442. The number of nitrogens with zero attached hydrogens (tertiary/aromatic N) is 3. The highest BCUT2D eigenvalue weighted by atomic mass is 35.5. The minimum Gasteiger partial charge on any atom is -0.465 e. The SMILES string of the molecule is COC(=O)c1ccccc1Nc1cnnc(Nc2cccc(Cl)c2C)n1. The van der Waals surface area contributed by atoms with Gasteiger partial charge in [0.15, 0.2) is 5.82 Å². The Hall–Kier alpha value is -3.19. The second-order valence-corrected chi connectivity index (χ2v) is 5.77. The Morgan fingerprint density at radius 2 is 1.85 bits per heavy atom. The number of methoxy groups -OCH3 is 1. The number of aromatic nitrogens is 3. The third-order valence-corrected chi connectivity index (χ3v) is 4.08. The number of nitrogens with one attached hydrogen (secondary N) is 2. The van der Waals surface area contributed by atoms with E-state index in [1.165, 1.54) is 13.3 Å². The molecule has 26 heavy (non-hydrogen) atoms. The van der Waals surface area contributed by atoms with Crippen LogP contribution in [0.15, 0.2) is 48.7 Å². The van der Waals surface area contributed by atoms with Crippen molar-refractivity contribution in [2.75, 3.05) is 17.7 Å². The standard InChI is InChI=1S/C18H16ClN5O2/c1-11-13(19)7-5-9-14(11)22-18-23-16(10-20-24-18)21-15-8-4-3-6-12(15)17(25)26-2/h3-10H,1-2H3,(H2,21,22,23,24). The summed E-state index contributed by atoms with van der Waals surface area (Å²) in [7, 11) is 1.33. The maximum absolute atomic E-state index is 11.9. The van der Waals surface area contributed by atoms with Gasteiger partial charge in [-0.3, -0.25) is 0 Å². The summed E-state index contributed by atoms with van der Waals surface area (Å²) >= 11 is 6.13. The van der Waals surface area contributed by atoms with Crippen LogP contribution < -0.4 is 10.6 Å². The molecule has 0 unspecified atom stereocenters. The van der Waals surface area contributed by atoms with Gasteiger partial charge in [-0.2, -0.15) is 10.1 Å². The number of hydrogen-bond acceptors (Lipinski definition) is 7. The molecule has 132 valence electrons. The van der Waals surface area contributed by atoms with Crippen LogP contribution in [0.1, 0.15) is 15.9 Å². The molecule has 2 N–H and O–H groups in total. The molecule has 0 radical (unpaired) electrons. The monoisotopic (exact) mass is 369 g/mol. The highest BCUT2D eigenvalue weighted by Gasteiger charge is 2.12. The molecular weight excluding hydrogens is 354 g/mol. The average molecular weight is 370 g/mol. The first kappa shape index (κ1) is 17.6. The summed E-state index contributed by atoms with van der Waals surface area (Å²) < 4.78 is 4.79. The van der Waals surface area contributed by atoms with Gasteiger partial charge in [-0.25, -0.2) is 4.79 Å². The zero-order valence-electron chi connectivity index (χ0n) is 14.2. The lowest BCUT2D eigenvalue weighted by molar-refractivity contribution is 0.0602. The third-order valence-electron chi connectivity index (χ3n) is 3.67. The van der Waals surface area contributed by atoms with Crippen LogP contribution in [-0.4, -0.2) is 28.3 Å². The molecule has 0 aliphatic carbocycles. The molecular formula is C18H16ClN5O2. The zero-order chi connectivity index (χ0) is 18.5. The molecule has 0 saturated carbocycles. The largest absolute Gasteiger partial charge is 0.465 e. The molecule has 7 nitrogen and oxygen atoms in total. The fraction of sp³-hybridized carbons (Fsp3) is 0.111. The van der Waals surface area contributed by atoms with Crippen molar-refractivity contribution in [3.05, 3.63) is 64.8 Å². The van der Waals surface area contributed by atoms with Crippen LogP contribution in [-0.2, 0) is 4.74 Å². The summed E-state index contributed by atoms with van der Waals surface area (Å²) in [6, 6.07) is 12.5. The van der Waals surface area contributed by atoms with E-state index >= 15 is 0 Å². The molecule has 8 heteroatoms. The molecule has 0 aliphatic rings. The normalized spacial score (nSPS) is 10.3. The lowest BCUT2D eigenvalue weighted by Crippen LogP contribution is -2.07. The molecule has 3 rings (SSSR count). The van der Waals surface area contributed by atoms with Crippen molar-refractivity contribution in [2.24, 2.45) is 0 Å². The van der Waals surface area contributed by atoms with Crippen LogP contribution in [0.25, 0.3) is 0 Å². The Balaban J connectivity index is 1.85. The van der Waals surface area contributed by atoms with E-state index in [1.54, 1.807) is 24.3 Å². The van der Waals surface area contributed by atoms with Gasteiger partial charge in [-0.15, -0.1) is 5.10 Å². The van der Waals surface area contributed by atoms with Crippen molar-refractivity contribution in [2.45, 2.75) is 6.92 Å². The summed E-state index contributed by atoms with van der Waals surface area (Å²) in [5, 5.41) is 14.7. The van der Waals surface area contributed by atoms with E-state index in [-0.39, 0.29) is 0 Å². The molecule has 0 fully saturated rings. The number of benzene rings is 2. The molecule has 0 atom stereocenters. The van der Waals surface area contributed by atoms with Gasteiger partial charge >= 0.3 is 5.97 Å². The van der Waals surface area contributed by atoms with Gasteiger partial charge in [0.1, 0.15) is 0 Å². The van der Waals surface area contributed by atoms with E-state index in [0.717, 1.165) is 11.3 Å². The van der Waals surface area contributed by atoms with Gasteiger partial charge in [0, 0.05) is 10.7 Å². The van der Waals surface area contributed by atoms with Gasteiger partial charge in [-0.1, -0.05) is 29.8 Å². The number of ether oxygens (including phenoxy) is 1. The predicted molar refractivity (Wildman–Crippen MR) is 100 cm³/mol. The molecule has 0 bridgehead atoms. The highest BCUT2D eigenvalue weighted by molar-refractivity contribution is 6.31. The Morgan fingerprint density at radius 1 is 1.08 bits per heavy atom. The summed E-state index contributed by atoms with van der Waals surface area (Å²) in [6.07, 6.45) is 1.46. The molecule has 0 amide bonds. The number of carbonyl (C=O) groups excluding carboxylic acids is 1. The number of anilines is 4. The summed E-state index contributed by atoms with van der Waals surface area (Å²) in [5.74, 6) is 0.289. The smallest absolute Gasteiger partial charge is 0.339 e. The van der Waals surface area contributed by atoms with Crippen molar-refractivity contribution >= 4 is 40.7 Å². The number of hydrogen-bond donors (Lipinski definition) is 2. The fourth-order valence-electron chi connectivity index (χ4n) is 2.30. The van der Waals surface area contributed by atoms with Crippen molar-refractivity contribution in [3.8, 4) is 0 Å². The lowest BCUT2D eigenvalue weighted by Gasteiger charge is -2.11.